The Morgan fingerprint density at radius 1 is 1.36 bits per heavy atom. The zero-order chi connectivity index (χ0) is 15.7. The largest absolute Gasteiger partial charge is 0.487 e. The molecule has 1 amide bonds. The summed E-state index contributed by atoms with van der Waals surface area (Å²) in [5, 5.41) is 0. The van der Waals surface area contributed by atoms with E-state index in [-0.39, 0.29) is 11.5 Å². The number of benzene rings is 1. The zero-order valence-corrected chi connectivity index (χ0v) is 13.6. The molecule has 0 atom stereocenters. The lowest BCUT2D eigenvalue weighted by Crippen LogP contribution is -2.34. The number of nitrogens with two attached hydrogens (primary N) is 1. The smallest absolute Gasteiger partial charge is 0.217 e. The van der Waals surface area contributed by atoms with Gasteiger partial charge in [-0.2, -0.15) is 0 Å². The molecule has 0 radical (unpaired) electrons. The van der Waals surface area contributed by atoms with E-state index in [1.807, 2.05) is 0 Å². The molecule has 2 N–H and O–H groups in total. The average molecular weight is 302 g/mol. The number of hydrogen-bond donors (Lipinski definition) is 1. The van der Waals surface area contributed by atoms with Gasteiger partial charge in [-0.25, -0.2) is 0 Å². The van der Waals surface area contributed by atoms with Gasteiger partial charge in [0.2, 0.25) is 5.91 Å². The molecule has 0 spiro atoms. The van der Waals surface area contributed by atoms with Crippen LogP contribution < -0.4 is 10.5 Å². The summed E-state index contributed by atoms with van der Waals surface area (Å²) < 4.78 is 6.15. The molecule has 1 saturated heterocycles. The van der Waals surface area contributed by atoms with E-state index >= 15 is 0 Å². The zero-order valence-electron chi connectivity index (χ0n) is 13.6. The normalized spacial score (nSPS) is 21.4. The van der Waals surface area contributed by atoms with Gasteiger partial charge < -0.3 is 10.5 Å². The van der Waals surface area contributed by atoms with Gasteiger partial charge in [0.05, 0.1) is 0 Å². The number of hydrogen-bond acceptors (Lipinski definition) is 3. The van der Waals surface area contributed by atoms with E-state index in [0.717, 1.165) is 44.6 Å². The molecule has 1 aromatic carbocycles. The first-order chi connectivity index (χ1) is 10.4. The van der Waals surface area contributed by atoms with Crippen molar-refractivity contribution in [1.29, 1.82) is 0 Å². The van der Waals surface area contributed by atoms with Crippen molar-refractivity contribution in [1.82, 2.24) is 4.90 Å². The highest BCUT2D eigenvalue weighted by molar-refractivity contribution is 5.73. The molecule has 2 aliphatic heterocycles. The molecule has 0 saturated carbocycles. The molecule has 4 heteroatoms. The number of rotatable bonds is 4. The minimum Gasteiger partial charge on any atom is -0.487 e. The van der Waals surface area contributed by atoms with Crippen LogP contribution in [0.2, 0.25) is 0 Å². The van der Waals surface area contributed by atoms with Crippen LogP contribution in [0.1, 0.15) is 44.2 Å². The second kappa shape index (κ2) is 5.92. The van der Waals surface area contributed by atoms with E-state index in [2.05, 4.69) is 36.9 Å². The van der Waals surface area contributed by atoms with Crippen molar-refractivity contribution in [3.63, 3.8) is 0 Å². The van der Waals surface area contributed by atoms with E-state index in [1.54, 1.807) is 0 Å². The predicted molar refractivity (Wildman–Crippen MR) is 86.7 cm³/mol. The third-order valence-electron chi connectivity index (χ3n) is 4.76. The number of piperidine rings is 1. The van der Waals surface area contributed by atoms with Gasteiger partial charge in [-0.1, -0.05) is 18.2 Å². The average Bonchev–Trinajstić information content (AvgIpc) is 2.75. The highest BCUT2D eigenvalue weighted by Gasteiger charge is 2.32. The summed E-state index contributed by atoms with van der Waals surface area (Å²) >= 11 is 0. The number of ether oxygens (including phenoxy) is 1. The molecule has 4 nitrogen and oxygen atoms in total. The Labute approximate surface area is 132 Å². The van der Waals surface area contributed by atoms with Crippen LogP contribution in [0.3, 0.4) is 0 Å². The molecule has 3 rings (SSSR count). The van der Waals surface area contributed by atoms with Gasteiger partial charge in [0.25, 0.3) is 0 Å². The Hall–Kier alpha value is -1.55. The fourth-order valence-electron chi connectivity index (χ4n) is 3.68. The van der Waals surface area contributed by atoms with Gasteiger partial charge in [-0.05, 0) is 51.3 Å². The molecule has 1 aromatic rings. The summed E-state index contributed by atoms with van der Waals surface area (Å²) in [5.41, 5.74) is 7.82. The van der Waals surface area contributed by atoms with Crippen molar-refractivity contribution in [2.24, 2.45) is 11.7 Å². The molecule has 0 unspecified atom stereocenters. The molecule has 0 aliphatic carbocycles. The van der Waals surface area contributed by atoms with E-state index in [1.165, 1.54) is 11.1 Å². The molecular weight excluding hydrogens is 276 g/mol. The highest BCUT2D eigenvalue weighted by Crippen LogP contribution is 2.38. The van der Waals surface area contributed by atoms with Crippen LogP contribution in [0.5, 0.6) is 5.75 Å². The van der Waals surface area contributed by atoms with Crippen LogP contribution in [0.4, 0.5) is 0 Å². The van der Waals surface area contributed by atoms with Crippen molar-refractivity contribution in [3.05, 3.63) is 29.3 Å². The summed E-state index contributed by atoms with van der Waals surface area (Å²) in [6.45, 7) is 7.29. The number of primary amides is 1. The number of amides is 1. The number of para-hydroxylation sites is 1. The lowest BCUT2D eigenvalue weighted by Gasteiger charge is -2.32. The van der Waals surface area contributed by atoms with E-state index < -0.39 is 0 Å². The molecule has 22 heavy (non-hydrogen) atoms. The third-order valence-corrected chi connectivity index (χ3v) is 4.76. The van der Waals surface area contributed by atoms with Crippen molar-refractivity contribution in [2.75, 3.05) is 13.1 Å². The molecule has 0 bridgehead atoms. The van der Waals surface area contributed by atoms with E-state index in [9.17, 15) is 4.79 Å². The number of likely N-dealkylation sites (tertiary alicyclic amines) is 1. The Morgan fingerprint density at radius 3 is 2.77 bits per heavy atom. The van der Waals surface area contributed by atoms with Crippen LogP contribution in [-0.4, -0.2) is 29.5 Å². The van der Waals surface area contributed by atoms with Crippen molar-refractivity contribution < 1.29 is 9.53 Å². The van der Waals surface area contributed by atoms with Crippen molar-refractivity contribution in [2.45, 2.75) is 51.7 Å². The van der Waals surface area contributed by atoms with Crippen LogP contribution >= 0.6 is 0 Å². The monoisotopic (exact) mass is 302 g/mol. The van der Waals surface area contributed by atoms with E-state index in [0.29, 0.717) is 12.3 Å². The second-order valence-corrected chi connectivity index (χ2v) is 7.33. The van der Waals surface area contributed by atoms with Crippen molar-refractivity contribution in [3.8, 4) is 5.75 Å². The van der Waals surface area contributed by atoms with Crippen LogP contribution in [0.25, 0.3) is 0 Å². The Morgan fingerprint density at radius 2 is 2.09 bits per heavy atom. The van der Waals surface area contributed by atoms with Gasteiger partial charge >= 0.3 is 0 Å². The molecule has 120 valence electrons. The van der Waals surface area contributed by atoms with Gasteiger partial charge in [0.1, 0.15) is 11.4 Å². The fourth-order valence-corrected chi connectivity index (χ4v) is 3.68. The predicted octanol–water partition coefficient (Wildman–Crippen LogP) is 2.49. The quantitative estimate of drug-likeness (QED) is 0.929. The van der Waals surface area contributed by atoms with Gasteiger partial charge in [0.15, 0.2) is 0 Å². The number of carbonyl (C=O) groups excluding carboxylic acids is 1. The first kappa shape index (κ1) is 15.3. The summed E-state index contributed by atoms with van der Waals surface area (Å²) in [6.07, 6.45) is 3.64. The third kappa shape index (κ3) is 3.43. The minimum absolute atomic E-state index is 0.0904. The van der Waals surface area contributed by atoms with Crippen LogP contribution in [0.15, 0.2) is 18.2 Å². The number of fused-ring (bicyclic) bond motifs is 1. The van der Waals surface area contributed by atoms with Gasteiger partial charge in [0, 0.05) is 24.9 Å². The minimum atomic E-state index is -0.171. The van der Waals surface area contributed by atoms with E-state index in [4.69, 9.17) is 10.5 Å². The summed E-state index contributed by atoms with van der Waals surface area (Å²) in [4.78, 5) is 13.5. The standard InChI is InChI=1S/C18H26N2O2/c1-18(2)11-14-4-3-5-15(17(14)22-18)12-20-8-6-13(7-9-20)10-16(19)21/h3-5,13H,6-12H2,1-2H3,(H2,19,21). The topological polar surface area (TPSA) is 55.6 Å². The molecule has 2 aliphatic rings. The Bertz CT molecular complexity index is 560. The van der Waals surface area contributed by atoms with Gasteiger partial charge in [-0.3, -0.25) is 9.69 Å². The highest BCUT2D eigenvalue weighted by atomic mass is 16.5. The number of carbonyl (C=O) groups is 1. The maximum Gasteiger partial charge on any atom is 0.217 e. The molecule has 0 aromatic heterocycles. The molecule has 2 heterocycles. The first-order valence-electron chi connectivity index (χ1n) is 8.23. The second-order valence-electron chi connectivity index (χ2n) is 7.33. The maximum absolute atomic E-state index is 11.0. The fraction of sp³-hybridized carbons (Fsp3) is 0.611. The lowest BCUT2D eigenvalue weighted by molar-refractivity contribution is -0.119. The summed E-state index contributed by atoms with van der Waals surface area (Å²) in [5.74, 6) is 1.38. The summed E-state index contributed by atoms with van der Waals surface area (Å²) in [6, 6.07) is 6.49. The Kier molecular flexibility index (Phi) is 4.13. The van der Waals surface area contributed by atoms with Crippen molar-refractivity contribution >= 4 is 5.91 Å². The molecular formula is C18H26N2O2. The summed E-state index contributed by atoms with van der Waals surface area (Å²) in [7, 11) is 0. The number of nitrogens with zero attached hydrogens (tertiary/aromatic N) is 1. The molecule has 1 fully saturated rings. The van der Waals surface area contributed by atoms with Gasteiger partial charge in [-0.15, -0.1) is 0 Å². The maximum atomic E-state index is 11.0. The lowest BCUT2D eigenvalue weighted by atomic mass is 9.93. The first-order valence-corrected chi connectivity index (χ1v) is 8.23. The van der Waals surface area contributed by atoms with Crippen LogP contribution in [0, 0.1) is 5.92 Å². The SMILES string of the molecule is CC1(C)Cc2cccc(CN3CCC(CC(N)=O)CC3)c2O1. The van der Waals surface area contributed by atoms with Crippen LogP contribution in [-0.2, 0) is 17.8 Å². The Balaban J connectivity index is 1.62.